The summed E-state index contributed by atoms with van der Waals surface area (Å²) in [5, 5.41) is 2.62. The highest BCUT2D eigenvalue weighted by Gasteiger charge is 2.11. The van der Waals surface area contributed by atoms with E-state index in [9.17, 15) is 13.6 Å². The SMILES string of the molecule is NCc1ccc(NC(=O)Cc2cccc(F)c2F)cc1. The Balaban J connectivity index is 2.03. The Bertz CT molecular complexity index is 612. The average Bonchev–Trinajstić information content (AvgIpc) is 2.45. The van der Waals surface area contributed by atoms with E-state index in [1.807, 2.05) is 0 Å². The molecule has 0 saturated carbocycles. The first-order valence-electron chi connectivity index (χ1n) is 6.12. The van der Waals surface area contributed by atoms with Crippen molar-refractivity contribution in [2.75, 3.05) is 5.32 Å². The van der Waals surface area contributed by atoms with Crippen LogP contribution in [-0.4, -0.2) is 5.91 Å². The van der Waals surface area contributed by atoms with Crippen molar-refractivity contribution in [1.29, 1.82) is 0 Å². The van der Waals surface area contributed by atoms with Gasteiger partial charge < -0.3 is 11.1 Å². The lowest BCUT2D eigenvalue weighted by molar-refractivity contribution is -0.115. The Kier molecular flexibility index (Phi) is 4.42. The van der Waals surface area contributed by atoms with Crippen LogP contribution in [0.15, 0.2) is 42.5 Å². The van der Waals surface area contributed by atoms with Gasteiger partial charge in [0.1, 0.15) is 0 Å². The van der Waals surface area contributed by atoms with Crippen molar-refractivity contribution in [2.24, 2.45) is 5.73 Å². The molecule has 2 aromatic carbocycles. The molecule has 1 amide bonds. The van der Waals surface area contributed by atoms with E-state index >= 15 is 0 Å². The maximum absolute atomic E-state index is 13.4. The van der Waals surface area contributed by atoms with Crippen molar-refractivity contribution in [3.8, 4) is 0 Å². The Hall–Kier alpha value is -2.27. The average molecular weight is 276 g/mol. The Morgan fingerprint density at radius 3 is 2.45 bits per heavy atom. The number of benzene rings is 2. The van der Waals surface area contributed by atoms with E-state index in [1.54, 1.807) is 24.3 Å². The molecule has 0 unspecified atom stereocenters. The number of hydrogen-bond donors (Lipinski definition) is 2. The maximum Gasteiger partial charge on any atom is 0.228 e. The first-order chi connectivity index (χ1) is 9.60. The fourth-order valence-electron chi connectivity index (χ4n) is 1.79. The molecule has 0 atom stereocenters. The molecule has 0 fully saturated rings. The van der Waals surface area contributed by atoms with Crippen LogP contribution in [0.2, 0.25) is 0 Å². The summed E-state index contributed by atoms with van der Waals surface area (Å²) in [6.45, 7) is 0.419. The molecule has 104 valence electrons. The smallest absolute Gasteiger partial charge is 0.228 e. The Labute approximate surface area is 115 Å². The number of anilines is 1. The van der Waals surface area contributed by atoms with Gasteiger partial charge in [-0.05, 0) is 23.8 Å². The van der Waals surface area contributed by atoms with Crippen LogP contribution >= 0.6 is 0 Å². The lowest BCUT2D eigenvalue weighted by Crippen LogP contribution is -2.15. The number of carbonyl (C=O) groups excluding carboxylic acids is 1. The summed E-state index contributed by atoms with van der Waals surface area (Å²) in [5.74, 6) is -2.35. The molecule has 0 aromatic heterocycles. The minimum absolute atomic E-state index is 0.0288. The van der Waals surface area contributed by atoms with Gasteiger partial charge in [0.15, 0.2) is 11.6 Å². The third-order valence-corrected chi connectivity index (χ3v) is 2.86. The van der Waals surface area contributed by atoms with Crippen LogP contribution in [0, 0.1) is 11.6 Å². The molecule has 2 aromatic rings. The maximum atomic E-state index is 13.4. The summed E-state index contributed by atoms with van der Waals surface area (Å²) < 4.78 is 26.5. The van der Waals surface area contributed by atoms with Crippen molar-refractivity contribution in [2.45, 2.75) is 13.0 Å². The van der Waals surface area contributed by atoms with Crippen LogP contribution < -0.4 is 11.1 Å². The molecule has 5 heteroatoms. The van der Waals surface area contributed by atoms with Gasteiger partial charge in [0.05, 0.1) is 6.42 Å². The van der Waals surface area contributed by atoms with Crippen LogP contribution in [0.1, 0.15) is 11.1 Å². The summed E-state index contributed by atoms with van der Waals surface area (Å²) in [5.41, 5.74) is 7.03. The normalized spacial score (nSPS) is 10.3. The molecule has 3 nitrogen and oxygen atoms in total. The minimum Gasteiger partial charge on any atom is -0.326 e. The molecule has 0 aliphatic heterocycles. The third kappa shape index (κ3) is 3.39. The predicted molar refractivity (Wildman–Crippen MR) is 73.0 cm³/mol. The number of amides is 1. The van der Waals surface area contributed by atoms with Gasteiger partial charge in [0.25, 0.3) is 0 Å². The predicted octanol–water partition coefficient (Wildman–Crippen LogP) is 2.60. The lowest BCUT2D eigenvalue weighted by Gasteiger charge is -2.07. The van der Waals surface area contributed by atoms with E-state index < -0.39 is 17.5 Å². The molecule has 0 bridgehead atoms. The zero-order valence-electron chi connectivity index (χ0n) is 10.7. The standard InChI is InChI=1S/C15H14F2N2O/c16-13-3-1-2-11(15(13)17)8-14(20)19-12-6-4-10(9-18)5-7-12/h1-7H,8-9,18H2,(H,19,20). The summed E-state index contributed by atoms with van der Waals surface area (Å²) in [4.78, 5) is 11.8. The number of rotatable bonds is 4. The number of halogens is 2. The van der Waals surface area contributed by atoms with Gasteiger partial charge >= 0.3 is 0 Å². The van der Waals surface area contributed by atoms with Crippen molar-refractivity contribution in [3.63, 3.8) is 0 Å². The topological polar surface area (TPSA) is 55.1 Å². The quantitative estimate of drug-likeness (QED) is 0.902. The molecule has 0 saturated heterocycles. The van der Waals surface area contributed by atoms with Crippen molar-refractivity contribution in [3.05, 3.63) is 65.2 Å². The van der Waals surface area contributed by atoms with Gasteiger partial charge in [-0.15, -0.1) is 0 Å². The van der Waals surface area contributed by atoms with Crippen LogP contribution in [-0.2, 0) is 17.8 Å². The molecule has 0 aliphatic carbocycles. The van der Waals surface area contributed by atoms with Gasteiger partial charge in [-0.25, -0.2) is 8.78 Å². The molecule has 0 aliphatic rings. The van der Waals surface area contributed by atoms with E-state index in [0.29, 0.717) is 12.2 Å². The van der Waals surface area contributed by atoms with Gasteiger partial charge in [0.2, 0.25) is 5.91 Å². The van der Waals surface area contributed by atoms with E-state index in [0.717, 1.165) is 11.6 Å². The largest absolute Gasteiger partial charge is 0.326 e. The van der Waals surface area contributed by atoms with Crippen molar-refractivity contribution >= 4 is 11.6 Å². The number of nitrogens with two attached hydrogens (primary N) is 1. The Morgan fingerprint density at radius 1 is 1.10 bits per heavy atom. The van der Waals surface area contributed by atoms with Crippen molar-refractivity contribution < 1.29 is 13.6 Å². The minimum atomic E-state index is -0.985. The lowest BCUT2D eigenvalue weighted by atomic mass is 10.1. The van der Waals surface area contributed by atoms with Gasteiger partial charge in [-0.2, -0.15) is 0 Å². The number of carbonyl (C=O) groups is 1. The van der Waals surface area contributed by atoms with Gasteiger partial charge in [0, 0.05) is 17.8 Å². The van der Waals surface area contributed by atoms with Crippen LogP contribution in [0.4, 0.5) is 14.5 Å². The van der Waals surface area contributed by atoms with E-state index in [4.69, 9.17) is 5.73 Å². The Morgan fingerprint density at radius 2 is 1.80 bits per heavy atom. The molecule has 0 heterocycles. The van der Waals surface area contributed by atoms with Gasteiger partial charge in [-0.1, -0.05) is 24.3 Å². The summed E-state index contributed by atoms with van der Waals surface area (Å²) in [7, 11) is 0. The van der Waals surface area contributed by atoms with Crippen LogP contribution in [0.3, 0.4) is 0 Å². The number of nitrogens with one attached hydrogen (secondary N) is 1. The summed E-state index contributed by atoms with van der Waals surface area (Å²) in [6, 6.07) is 10.8. The molecule has 20 heavy (non-hydrogen) atoms. The highest BCUT2D eigenvalue weighted by molar-refractivity contribution is 5.92. The van der Waals surface area contributed by atoms with Crippen LogP contribution in [0.25, 0.3) is 0 Å². The molecule has 2 rings (SSSR count). The second-order valence-corrected chi connectivity index (χ2v) is 4.34. The summed E-state index contributed by atoms with van der Waals surface area (Å²) >= 11 is 0. The van der Waals surface area contributed by atoms with E-state index in [1.165, 1.54) is 12.1 Å². The highest BCUT2D eigenvalue weighted by atomic mass is 19.2. The summed E-state index contributed by atoms with van der Waals surface area (Å²) in [6.07, 6.45) is -0.220. The molecule has 0 spiro atoms. The van der Waals surface area contributed by atoms with Crippen molar-refractivity contribution in [1.82, 2.24) is 0 Å². The first kappa shape index (κ1) is 14.1. The first-order valence-corrected chi connectivity index (χ1v) is 6.12. The zero-order valence-corrected chi connectivity index (χ0v) is 10.7. The molecular formula is C15H14F2N2O. The third-order valence-electron chi connectivity index (χ3n) is 2.86. The van der Waals surface area contributed by atoms with Crippen LogP contribution in [0.5, 0.6) is 0 Å². The molecule has 0 radical (unpaired) electrons. The highest BCUT2D eigenvalue weighted by Crippen LogP contribution is 2.14. The molecular weight excluding hydrogens is 262 g/mol. The fourth-order valence-corrected chi connectivity index (χ4v) is 1.79. The van der Waals surface area contributed by atoms with E-state index in [2.05, 4.69) is 5.32 Å². The second-order valence-electron chi connectivity index (χ2n) is 4.34. The van der Waals surface area contributed by atoms with Gasteiger partial charge in [-0.3, -0.25) is 4.79 Å². The monoisotopic (exact) mass is 276 g/mol. The van der Waals surface area contributed by atoms with E-state index in [-0.39, 0.29) is 12.0 Å². The fraction of sp³-hybridized carbons (Fsp3) is 0.133. The molecule has 3 N–H and O–H groups in total. The number of hydrogen-bond acceptors (Lipinski definition) is 2. The zero-order chi connectivity index (χ0) is 14.5. The second kappa shape index (κ2) is 6.25.